The minimum Gasteiger partial charge on any atom is -0.379 e. The van der Waals surface area contributed by atoms with Gasteiger partial charge in [-0.25, -0.2) is 4.98 Å². The molecule has 4 rings (SSSR count). The van der Waals surface area contributed by atoms with Gasteiger partial charge < -0.3 is 9.26 Å². The molecule has 0 saturated carbocycles. The molecule has 11 heteroatoms. The molecule has 0 N–H and O–H groups in total. The van der Waals surface area contributed by atoms with E-state index in [1.165, 1.54) is 4.31 Å². The summed E-state index contributed by atoms with van der Waals surface area (Å²) in [5.74, 6) is 1.03. The molecule has 0 amide bonds. The Hall–Kier alpha value is -1.95. The number of nitrogens with zero attached hydrogens (tertiary/aromatic N) is 6. The molecule has 4 heterocycles. The molecule has 0 aromatic carbocycles. The molecular weight excluding hydrogens is 372 g/mol. The molecule has 27 heavy (non-hydrogen) atoms. The van der Waals surface area contributed by atoms with E-state index in [1.54, 1.807) is 22.9 Å². The second kappa shape index (κ2) is 7.97. The first kappa shape index (κ1) is 18.4. The molecule has 1 atom stereocenters. The van der Waals surface area contributed by atoms with Crippen molar-refractivity contribution in [1.29, 1.82) is 0 Å². The van der Waals surface area contributed by atoms with Gasteiger partial charge in [0.1, 0.15) is 5.69 Å². The van der Waals surface area contributed by atoms with Crippen molar-refractivity contribution in [3.63, 3.8) is 0 Å². The maximum absolute atomic E-state index is 12.9. The van der Waals surface area contributed by atoms with Crippen molar-refractivity contribution < 1.29 is 17.7 Å². The maximum Gasteiger partial charge on any atom is 0.282 e. The second-order valence-corrected chi connectivity index (χ2v) is 8.62. The molecule has 2 aromatic heterocycles. The lowest BCUT2D eigenvalue weighted by Gasteiger charge is -2.36. The third-order valence-corrected chi connectivity index (χ3v) is 6.83. The largest absolute Gasteiger partial charge is 0.379 e. The van der Waals surface area contributed by atoms with Gasteiger partial charge in [-0.05, 0) is 18.8 Å². The third kappa shape index (κ3) is 4.15. The van der Waals surface area contributed by atoms with Crippen LogP contribution < -0.4 is 0 Å². The lowest BCUT2D eigenvalue weighted by Crippen LogP contribution is -2.51. The van der Waals surface area contributed by atoms with Crippen molar-refractivity contribution in [2.75, 3.05) is 39.4 Å². The van der Waals surface area contributed by atoms with Crippen LogP contribution in [0.25, 0.3) is 11.5 Å². The Morgan fingerprint density at radius 2 is 2.00 bits per heavy atom. The van der Waals surface area contributed by atoms with Crippen LogP contribution in [0.4, 0.5) is 0 Å². The Balaban J connectivity index is 1.41. The van der Waals surface area contributed by atoms with Crippen LogP contribution in [-0.4, -0.2) is 76.5 Å². The van der Waals surface area contributed by atoms with E-state index in [1.807, 2.05) is 0 Å². The number of aromatic nitrogens is 4. The SMILES string of the molecule is O=S(=O)(N1CCOCC1)N1CCC[C@@H](Cc2nc(-c3cnccn3)no2)C1. The van der Waals surface area contributed by atoms with E-state index >= 15 is 0 Å². The molecule has 2 aromatic rings. The van der Waals surface area contributed by atoms with E-state index < -0.39 is 10.2 Å². The molecule has 0 aliphatic carbocycles. The predicted molar refractivity (Wildman–Crippen MR) is 94.6 cm³/mol. The van der Waals surface area contributed by atoms with Crippen molar-refractivity contribution in [3.05, 3.63) is 24.5 Å². The fourth-order valence-corrected chi connectivity index (χ4v) is 5.14. The molecule has 2 fully saturated rings. The summed E-state index contributed by atoms with van der Waals surface area (Å²) >= 11 is 0. The minimum absolute atomic E-state index is 0.143. The molecule has 2 saturated heterocycles. The monoisotopic (exact) mass is 394 g/mol. The average Bonchev–Trinajstić information content (AvgIpc) is 3.18. The van der Waals surface area contributed by atoms with E-state index in [0.717, 1.165) is 12.8 Å². The van der Waals surface area contributed by atoms with E-state index in [-0.39, 0.29) is 5.92 Å². The highest BCUT2D eigenvalue weighted by Gasteiger charge is 2.35. The van der Waals surface area contributed by atoms with Gasteiger partial charge >= 0.3 is 0 Å². The van der Waals surface area contributed by atoms with Gasteiger partial charge in [0, 0.05) is 45.0 Å². The highest BCUT2D eigenvalue weighted by atomic mass is 32.2. The second-order valence-electron chi connectivity index (χ2n) is 6.69. The van der Waals surface area contributed by atoms with Crippen LogP contribution in [0.3, 0.4) is 0 Å². The van der Waals surface area contributed by atoms with Gasteiger partial charge in [0.15, 0.2) is 0 Å². The Kier molecular flexibility index (Phi) is 5.43. The van der Waals surface area contributed by atoms with Crippen molar-refractivity contribution in [3.8, 4) is 11.5 Å². The van der Waals surface area contributed by atoms with Crippen molar-refractivity contribution in [2.24, 2.45) is 5.92 Å². The summed E-state index contributed by atoms with van der Waals surface area (Å²) in [6.45, 7) is 2.73. The van der Waals surface area contributed by atoms with E-state index in [9.17, 15) is 8.42 Å². The summed E-state index contributed by atoms with van der Waals surface area (Å²) < 4.78 is 39.4. The van der Waals surface area contributed by atoms with Crippen molar-refractivity contribution in [1.82, 2.24) is 28.7 Å². The summed E-state index contributed by atoms with van der Waals surface area (Å²) in [6, 6.07) is 0. The quantitative estimate of drug-likeness (QED) is 0.714. The van der Waals surface area contributed by atoms with Crippen LogP contribution in [0.5, 0.6) is 0 Å². The first-order chi connectivity index (χ1) is 13.1. The van der Waals surface area contributed by atoms with Gasteiger partial charge in [0.2, 0.25) is 11.7 Å². The van der Waals surface area contributed by atoms with Crippen molar-refractivity contribution >= 4 is 10.2 Å². The third-order valence-electron chi connectivity index (χ3n) is 4.83. The summed E-state index contributed by atoms with van der Waals surface area (Å²) in [6.07, 6.45) is 7.02. The van der Waals surface area contributed by atoms with Crippen LogP contribution in [0.15, 0.2) is 23.1 Å². The Bertz CT molecular complexity index is 853. The summed E-state index contributed by atoms with van der Waals surface area (Å²) in [4.78, 5) is 12.5. The zero-order valence-corrected chi connectivity index (χ0v) is 15.7. The molecule has 2 aliphatic rings. The molecule has 146 valence electrons. The minimum atomic E-state index is -3.45. The number of rotatable bonds is 5. The molecule has 0 unspecified atom stereocenters. The average molecular weight is 394 g/mol. The summed E-state index contributed by atoms with van der Waals surface area (Å²) in [5.41, 5.74) is 0.549. The van der Waals surface area contributed by atoms with E-state index in [2.05, 4.69) is 20.1 Å². The highest BCUT2D eigenvalue weighted by Crippen LogP contribution is 2.25. The molecular formula is C16H22N6O4S. The van der Waals surface area contributed by atoms with Gasteiger partial charge in [-0.2, -0.15) is 22.0 Å². The molecule has 0 spiro atoms. The Morgan fingerprint density at radius 1 is 1.15 bits per heavy atom. The number of piperidine rings is 1. The number of morpholine rings is 1. The van der Waals surface area contributed by atoms with E-state index in [4.69, 9.17) is 9.26 Å². The van der Waals surface area contributed by atoms with Gasteiger partial charge in [-0.1, -0.05) is 5.16 Å². The fourth-order valence-electron chi connectivity index (χ4n) is 3.45. The lowest BCUT2D eigenvalue weighted by atomic mass is 9.96. The van der Waals surface area contributed by atoms with Gasteiger partial charge in [-0.3, -0.25) is 4.98 Å². The van der Waals surface area contributed by atoms with Gasteiger partial charge in [-0.15, -0.1) is 0 Å². The fraction of sp³-hybridized carbons (Fsp3) is 0.625. The van der Waals surface area contributed by atoms with Crippen LogP contribution in [0, 0.1) is 5.92 Å². The van der Waals surface area contributed by atoms with Crippen LogP contribution in [-0.2, 0) is 21.4 Å². The first-order valence-corrected chi connectivity index (χ1v) is 10.4. The number of ether oxygens (including phenoxy) is 1. The lowest BCUT2D eigenvalue weighted by molar-refractivity contribution is 0.0690. The summed E-state index contributed by atoms with van der Waals surface area (Å²) in [5, 5.41) is 3.95. The number of hydrogen-bond donors (Lipinski definition) is 0. The normalized spacial score (nSPS) is 22.7. The molecule has 10 nitrogen and oxygen atoms in total. The predicted octanol–water partition coefficient (Wildman–Crippen LogP) is 0.358. The van der Waals surface area contributed by atoms with Crippen LogP contribution in [0.2, 0.25) is 0 Å². The van der Waals surface area contributed by atoms with Crippen LogP contribution in [0.1, 0.15) is 18.7 Å². The van der Waals surface area contributed by atoms with Gasteiger partial charge in [0.05, 0.1) is 19.4 Å². The number of hydrogen-bond acceptors (Lipinski definition) is 8. The zero-order valence-electron chi connectivity index (χ0n) is 14.9. The van der Waals surface area contributed by atoms with Crippen molar-refractivity contribution in [2.45, 2.75) is 19.3 Å². The zero-order chi connectivity index (χ0) is 18.7. The Labute approximate surface area is 157 Å². The molecule has 0 bridgehead atoms. The van der Waals surface area contributed by atoms with E-state index in [0.29, 0.717) is 63.2 Å². The standard InChI is InChI=1S/C16H22N6O4S/c23-27(24,21-6-8-25-9-7-21)22-5-1-2-13(12-22)10-15-19-16(20-26-15)14-11-17-3-4-18-14/h3-4,11,13H,1-2,5-10,12H2/t13-/m0/s1. The highest BCUT2D eigenvalue weighted by molar-refractivity contribution is 7.86. The summed E-state index contributed by atoms with van der Waals surface area (Å²) in [7, 11) is -3.45. The molecule has 0 radical (unpaired) electrons. The topological polar surface area (TPSA) is 115 Å². The first-order valence-electron chi connectivity index (χ1n) is 9.05. The smallest absolute Gasteiger partial charge is 0.282 e. The van der Waals surface area contributed by atoms with Crippen LogP contribution >= 0.6 is 0 Å². The van der Waals surface area contributed by atoms with Gasteiger partial charge in [0.25, 0.3) is 10.2 Å². The maximum atomic E-state index is 12.9. The Morgan fingerprint density at radius 3 is 2.78 bits per heavy atom. The molecule has 2 aliphatic heterocycles.